The molecule has 1 atom stereocenters. The Bertz CT molecular complexity index is 1840. The fraction of sp³-hybridized carbons (Fsp3) is 0.189. The van der Waals surface area contributed by atoms with Crippen molar-refractivity contribution in [1.29, 1.82) is 0 Å². The zero-order valence-electron chi connectivity index (χ0n) is 25.4. The number of rotatable bonds is 9. The van der Waals surface area contributed by atoms with E-state index in [2.05, 4.69) is 16.1 Å². The zero-order chi connectivity index (χ0) is 32.8. The number of benzene rings is 4. The maximum absolute atomic E-state index is 14.4. The molecule has 0 saturated carbocycles. The van der Waals surface area contributed by atoms with E-state index >= 15 is 0 Å². The maximum atomic E-state index is 14.4. The summed E-state index contributed by atoms with van der Waals surface area (Å²) >= 11 is 0. The Balaban J connectivity index is 1.33. The lowest BCUT2D eigenvalue weighted by Crippen LogP contribution is -2.52. The third-order valence-electron chi connectivity index (χ3n) is 8.29. The largest absolute Gasteiger partial charge is 0.416 e. The predicted octanol–water partition coefficient (Wildman–Crippen LogP) is 6.52. The van der Waals surface area contributed by atoms with E-state index in [0.717, 1.165) is 34.5 Å². The van der Waals surface area contributed by atoms with Crippen LogP contribution in [-0.2, 0) is 41.7 Å². The fourth-order valence-corrected chi connectivity index (χ4v) is 5.74. The maximum Gasteiger partial charge on any atom is 0.416 e. The second kappa shape index (κ2) is 13.9. The van der Waals surface area contributed by atoms with Gasteiger partial charge in [-0.05, 0) is 64.6 Å². The molecule has 6 rings (SSSR count). The number of carbonyl (C=O) groups excluding carboxylic acids is 2. The molecule has 0 bridgehead atoms. The molecule has 2 heterocycles. The molecule has 1 unspecified atom stereocenters. The standard InChI is InChI=1S/C37H32F3N5O2/c38-37(39,40)32-15-10-27(11-16-32)14-19-35(46)44(23-29-12-17-33(18-13-29)45-26-41-25-42-45)34(22-28-6-2-1-3-7-28)36(47)43-21-20-30-8-4-5-9-31(30)24-43/h1-19,25-26,34H,20-24H2. The first kappa shape index (κ1) is 31.5. The second-order valence-electron chi connectivity index (χ2n) is 11.4. The summed E-state index contributed by atoms with van der Waals surface area (Å²) in [6, 6.07) is 28.8. The van der Waals surface area contributed by atoms with Crippen molar-refractivity contribution in [3.63, 3.8) is 0 Å². The van der Waals surface area contributed by atoms with E-state index in [1.165, 1.54) is 36.2 Å². The number of aromatic nitrogens is 3. The van der Waals surface area contributed by atoms with Gasteiger partial charge in [0.15, 0.2) is 0 Å². The van der Waals surface area contributed by atoms with E-state index in [1.54, 1.807) is 15.9 Å². The topological polar surface area (TPSA) is 71.3 Å². The van der Waals surface area contributed by atoms with Crippen LogP contribution in [0.5, 0.6) is 0 Å². The predicted molar refractivity (Wildman–Crippen MR) is 172 cm³/mol. The molecule has 5 aromatic rings. The van der Waals surface area contributed by atoms with E-state index in [-0.39, 0.29) is 18.9 Å². The molecule has 0 radical (unpaired) electrons. The molecule has 10 heteroatoms. The first-order valence-corrected chi connectivity index (χ1v) is 15.2. The minimum Gasteiger partial charge on any atom is -0.336 e. The number of amides is 2. The summed E-state index contributed by atoms with van der Waals surface area (Å²) in [6.45, 7) is 1.09. The second-order valence-corrected chi connectivity index (χ2v) is 11.4. The van der Waals surface area contributed by atoms with E-state index in [1.807, 2.05) is 77.7 Å². The number of halogens is 3. The van der Waals surface area contributed by atoms with Crippen molar-refractivity contribution < 1.29 is 22.8 Å². The first-order chi connectivity index (χ1) is 22.7. The lowest BCUT2D eigenvalue weighted by atomic mass is 9.97. The quantitative estimate of drug-likeness (QED) is 0.173. The Kier molecular flexibility index (Phi) is 9.28. The molecule has 0 spiro atoms. The number of hydrogen-bond donors (Lipinski definition) is 0. The van der Waals surface area contributed by atoms with Crippen molar-refractivity contribution >= 4 is 17.9 Å². The van der Waals surface area contributed by atoms with Gasteiger partial charge in [0.1, 0.15) is 18.7 Å². The van der Waals surface area contributed by atoms with Crippen LogP contribution in [0.2, 0.25) is 0 Å². The molecule has 1 aliphatic heterocycles. The van der Waals surface area contributed by atoms with Gasteiger partial charge in [0.2, 0.25) is 11.8 Å². The molecule has 0 N–H and O–H groups in total. The van der Waals surface area contributed by atoms with Gasteiger partial charge in [-0.25, -0.2) is 9.67 Å². The Morgan fingerprint density at radius 3 is 2.23 bits per heavy atom. The van der Waals surface area contributed by atoms with Gasteiger partial charge in [0.25, 0.3) is 0 Å². The molecule has 0 saturated heterocycles. The minimum absolute atomic E-state index is 0.126. The van der Waals surface area contributed by atoms with Crippen LogP contribution < -0.4 is 0 Å². The summed E-state index contributed by atoms with van der Waals surface area (Å²) in [4.78, 5) is 35.9. The Labute approximate surface area is 270 Å². The highest BCUT2D eigenvalue weighted by molar-refractivity contribution is 5.96. The highest BCUT2D eigenvalue weighted by Crippen LogP contribution is 2.29. The molecular weight excluding hydrogens is 603 g/mol. The van der Waals surface area contributed by atoms with E-state index in [0.29, 0.717) is 25.1 Å². The number of nitrogens with zero attached hydrogens (tertiary/aromatic N) is 5. The van der Waals surface area contributed by atoms with Gasteiger partial charge < -0.3 is 9.80 Å². The van der Waals surface area contributed by atoms with Crippen molar-refractivity contribution in [3.8, 4) is 5.69 Å². The summed E-state index contributed by atoms with van der Waals surface area (Å²) in [7, 11) is 0. The highest BCUT2D eigenvalue weighted by Gasteiger charge is 2.34. The lowest BCUT2D eigenvalue weighted by Gasteiger charge is -2.37. The van der Waals surface area contributed by atoms with Gasteiger partial charge >= 0.3 is 6.18 Å². The Morgan fingerprint density at radius 2 is 1.55 bits per heavy atom. The SMILES string of the molecule is O=C(C(Cc1ccccc1)N(Cc1ccc(-n2cncn2)cc1)C(=O)C=Cc1ccc(C(F)(F)F)cc1)N1CCc2ccccc2C1. The molecule has 0 aliphatic carbocycles. The van der Waals surface area contributed by atoms with Gasteiger partial charge in [0, 0.05) is 32.1 Å². The lowest BCUT2D eigenvalue weighted by molar-refractivity contribution is -0.144. The van der Waals surface area contributed by atoms with Crippen LogP contribution in [0.3, 0.4) is 0 Å². The monoisotopic (exact) mass is 635 g/mol. The van der Waals surface area contributed by atoms with E-state index in [9.17, 15) is 22.8 Å². The van der Waals surface area contributed by atoms with Crippen LogP contribution in [0.15, 0.2) is 122 Å². The Morgan fingerprint density at radius 1 is 0.851 bits per heavy atom. The van der Waals surface area contributed by atoms with Crippen molar-refractivity contribution in [2.45, 2.75) is 38.1 Å². The van der Waals surface area contributed by atoms with Crippen LogP contribution in [0.4, 0.5) is 13.2 Å². The molecule has 47 heavy (non-hydrogen) atoms. The number of alkyl halides is 3. The van der Waals surface area contributed by atoms with E-state index in [4.69, 9.17) is 0 Å². The molecule has 2 amide bonds. The zero-order valence-corrected chi connectivity index (χ0v) is 25.4. The smallest absolute Gasteiger partial charge is 0.336 e. The molecule has 4 aromatic carbocycles. The summed E-state index contributed by atoms with van der Waals surface area (Å²) in [5.74, 6) is -0.601. The first-order valence-electron chi connectivity index (χ1n) is 15.2. The molecular formula is C37H32F3N5O2. The number of carbonyl (C=O) groups is 2. The molecule has 1 aliphatic rings. The summed E-state index contributed by atoms with van der Waals surface area (Å²) in [6.07, 6.45) is 2.37. The molecule has 1 aromatic heterocycles. The van der Waals surface area contributed by atoms with Crippen LogP contribution >= 0.6 is 0 Å². The van der Waals surface area contributed by atoms with Crippen molar-refractivity contribution in [2.24, 2.45) is 0 Å². The van der Waals surface area contributed by atoms with Crippen molar-refractivity contribution in [3.05, 3.63) is 155 Å². The van der Waals surface area contributed by atoms with Gasteiger partial charge in [-0.3, -0.25) is 9.59 Å². The fourth-order valence-electron chi connectivity index (χ4n) is 5.74. The van der Waals surface area contributed by atoms with Gasteiger partial charge in [-0.1, -0.05) is 78.9 Å². The van der Waals surface area contributed by atoms with Crippen molar-refractivity contribution in [1.82, 2.24) is 24.6 Å². The third kappa shape index (κ3) is 7.66. The van der Waals surface area contributed by atoms with Crippen LogP contribution in [0.1, 0.15) is 33.4 Å². The summed E-state index contributed by atoms with van der Waals surface area (Å²) < 4.78 is 40.9. The van der Waals surface area contributed by atoms with Crippen LogP contribution in [0, 0.1) is 0 Å². The average Bonchev–Trinajstić information content (AvgIpc) is 3.64. The van der Waals surface area contributed by atoms with Crippen molar-refractivity contribution in [2.75, 3.05) is 6.54 Å². The summed E-state index contributed by atoms with van der Waals surface area (Å²) in [5.41, 5.74) is 4.42. The van der Waals surface area contributed by atoms with Gasteiger partial charge in [-0.15, -0.1) is 0 Å². The highest BCUT2D eigenvalue weighted by atomic mass is 19.4. The van der Waals surface area contributed by atoms with E-state index < -0.39 is 23.7 Å². The number of hydrogen-bond acceptors (Lipinski definition) is 4. The van der Waals surface area contributed by atoms with Gasteiger partial charge in [-0.2, -0.15) is 18.3 Å². The average molecular weight is 636 g/mol. The third-order valence-corrected chi connectivity index (χ3v) is 8.29. The summed E-state index contributed by atoms with van der Waals surface area (Å²) in [5, 5.41) is 4.16. The molecule has 238 valence electrons. The van der Waals surface area contributed by atoms with Crippen LogP contribution in [0.25, 0.3) is 11.8 Å². The Hall–Kier alpha value is -5.51. The minimum atomic E-state index is -4.46. The molecule has 7 nitrogen and oxygen atoms in total. The number of fused-ring (bicyclic) bond motifs is 1. The normalized spacial score (nSPS) is 13.7. The van der Waals surface area contributed by atoms with Crippen LogP contribution in [-0.4, -0.2) is 49.0 Å². The van der Waals surface area contributed by atoms with Gasteiger partial charge in [0.05, 0.1) is 11.3 Å². The molecule has 0 fully saturated rings.